The molecule has 3 N–H and O–H groups in total. The standard InChI is InChI=1S/C20H17F3N6O3S/c1-25-33(30,31)15-6-7-17(32-11-20(21,22)23)16(8-15)29-19-9-18(26-12-27-19)28-14-4-2-13(10-24)3-5-14/h2-9,12,25H,11H2,1H3,(H2,26,27,28,29). The smallest absolute Gasteiger partial charge is 0.422 e. The van der Waals surface area contributed by atoms with Crippen LogP contribution < -0.4 is 20.1 Å². The van der Waals surface area contributed by atoms with Crippen LogP contribution in [0.4, 0.5) is 36.2 Å². The van der Waals surface area contributed by atoms with Crippen LogP contribution in [0, 0.1) is 11.3 Å². The molecule has 0 saturated carbocycles. The number of hydrogen-bond donors (Lipinski definition) is 3. The van der Waals surface area contributed by atoms with Crippen molar-refractivity contribution in [1.82, 2.24) is 14.7 Å². The summed E-state index contributed by atoms with van der Waals surface area (Å²) in [4.78, 5) is 7.90. The van der Waals surface area contributed by atoms with E-state index in [1.54, 1.807) is 24.3 Å². The lowest BCUT2D eigenvalue weighted by atomic mass is 10.2. The van der Waals surface area contributed by atoms with E-state index >= 15 is 0 Å². The number of alkyl halides is 3. The second kappa shape index (κ2) is 9.72. The number of nitrogens with one attached hydrogen (secondary N) is 3. The summed E-state index contributed by atoms with van der Waals surface area (Å²) in [6.45, 7) is -1.56. The Hall–Kier alpha value is -3.89. The monoisotopic (exact) mass is 478 g/mol. The van der Waals surface area contributed by atoms with Crippen LogP contribution in [0.3, 0.4) is 0 Å². The van der Waals surface area contributed by atoms with Crippen LogP contribution in [0.5, 0.6) is 5.75 Å². The average Bonchev–Trinajstić information content (AvgIpc) is 2.78. The molecule has 33 heavy (non-hydrogen) atoms. The van der Waals surface area contributed by atoms with Crippen LogP contribution in [0.25, 0.3) is 0 Å². The number of hydrogen-bond acceptors (Lipinski definition) is 8. The number of sulfonamides is 1. The molecule has 3 aromatic rings. The van der Waals surface area contributed by atoms with E-state index in [1.807, 2.05) is 6.07 Å². The lowest BCUT2D eigenvalue weighted by Gasteiger charge is -2.16. The Morgan fingerprint density at radius 3 is 2.30 bits per heavy atom. The van der Waals surface area contributed by atoms with Gasteiger partial charge in [0.05, 0.1) is 22.2 Å². The van der Waals surface area contributed by atoms with E-state index in [9.17, 15) is 21.6 Å². The average molecular weight is 478 g/mol. The van der Waals surface area contributed by atoms with Crippen LogP contribution in [-0.2, 0) is 10.0 Å². The third-order valence-electron chi connectivity index (χ3n) is 4.14. The fourth-order valence-corrected chi connectivity index (χ4v) is 3.34. The third kappa shape index (κ3) is 6.55. The summed E-state index contributed by atoms with van der Waals surface area (Å²) in [5, 5.41) is 14.6. The summed E-state index contributed by atoms with van der Waals surface area (Å²) in [6.07, 6.45) is -3.38. The second-order valence-electron chi connectivity index (χ2n) is 6.50. The summed E-state index contributed by atoms with van der Waals surface area (Å²) >= 11 is 0. The van der Waals surface area contributed by atoms with Gasteiger partial charge in [0, 0.05) is 11.8 Å². The molecule has 1 aromatic heterocycles. The molecule has 0 fully saturated rings. The van der Waals surface area contributed by atoms with Gasteiger partial charge in [-0.1, -0.05) is 0 Å². The van der Waals surface area contributed by atoms with Crippen molar-refractivity contribution in [1.29, 1.82) is 5.26 Å². The van der Waals surface area contributed by atoms with Gasteiger partial charge in [-0.2, -0.15) is 18.4 Å². The predicted octanol–water partition coefficient (Wildman–Crippen LogP) is 3.68. The van der Waals surface area contributed by atoms with Gasteiger partial charge in [-0.05, 0) is 49.5 Å². The number of nitriles is 1. The number of benzene rings is 2. The summed E-state index contributed by atoms with van der Waals surface area (Å²) in [5.41, 5.74) is 1.07. The Morgan fingerprint density at radius 2 is 1.70 bits per heavy atom. The zero-order valence-electron chi connectivity index (χ0n) is 17.0. The minimum absolute atomic E-state index is 0.0430. The lowest BCUT2D eigenvalue weighted by molar-refractivity contribution is -0.153. The molecule has 0 aliphatic heterocycles. The Bertz CT molecular complexity index is 1280. The minimum atomic E-state index is -4.58. The molecule has 0 unspecified atom stereocenters. The van der Waals surface area contributed by atoms with Gasteiger partial charge in [0.25, 0.3) is 0 Å². The normalized spacial score (nSPS) is 11.5. The summed E-state index contributed by atoms with van der Waals surface area (Å²) in [6, 6.07) is 13.4. The van der Waals surface area contributed by atoms with Crippen molar-refractivity contribution in [2.24, 2.45) is 0 Å². The van der Waals surface area contributed by atoms with Gasteiger partial charge in [-0.15, -0.1) is 0 Å². The topological polar surface area (TPSA) is 129 Å². The maximum Gasteiger partial charge on any atom is 0.422 e. The molecule has 0 atom stereocenters. The molecule has 3 rings (SSSR count). The van der Waals surface area contributed by atoms with E-state index in [-0.39, 0.29) is 22.2 Å². The van der Waals surface area contributed by atoms with Gasteiger partial charge >= 0.3 is 6.18 Å². The zero-order chi connectivity index (χ0) is 24.1. The Kier molecular flexibility index (Phi) is 7.00. The van der Waals surface area contributed by atoms with E-state index in [2.05, 4.69) is 25.3 Å². The van der Waals surface area contributed by atoms with E-state index < -0.39 is 22.8 Å². The van der Waals surface area contributed by atoms with Crippen molar-refractivity contribution in [2.75, 3.05) is 24.3 Å². The van der Waals surface area contributed by atoms with Gasteiger partial charge in [0.15, 0.2) is 6.61 Å². The van der Waals surface area contributed by atoms with Crippen LogP contribution >= 0.6 is 0 Å². The van der Waals surface area contributed by atoms with Crippen molar-refractivity contribution >= 4 is 33.0 Å². The Balaban J connectivity index is 1.89. The minimum Gasteiger partial charge on any atom is -0.482 e. The molecule has 2 aromatic carbocycles. The number of aromatic nitrogens is 2. The van der Waals surface area contributed by atoms with Crippen molar-refractivity contribution in [3.05, 3.63) is 60.4 Å². The highest BCUT2D eigenvalue weighted by Crippen LogP contribution is 2.32. The van der Waals surface area contributed by atoms with Crippen LogP contribution in [0.15, 0.2) is 59.8 Å². The number of nitrogens with zero attached hydrogens (tertiary/aromatic N) is 3. The number of ether oxygens (including phenoxy) is 1. The SMILES string of the molecule is CNS(=O)(=O)c1ccc(OCC(F)(F)F)c(Nc2cc(Nc3ccc(C#N)cc3)ncn2)c1. The van der Waals surface area contributed by atoms with Gasteiger partial charge in [-0.25, -0.2) is 23.1 Å². The second-order valence-corrected chi connectivity index (χ2v) is 8.38. The first-order valence-corrected chi connectivity index (χ1v) is 10.7. The Labute approximate surface area is 187 Å². The van der Waals surface area contributed by atoms with Gasteiger partial charge in [0.2, 0.25) is 10.0 Å². The molecular formula is C20H17F3N6O3S. The highest BCUT2D eigenvalue weighted by Gasteiger charge is 2.29. The molecule has 0 saturated heterocycles. The number of rotatable bonds is 8. The molecule has 0 aliphatic carbocycles. The molecule has 0 aliphatic rings. The molecule has 0 bridgehead atoms. The summed E-state index contributed by atoms with van der Waals surface area (Å²) < 4.78 is 69.1. The van der Waals surface area contributed by atoms with Crippen molar-refractivity contribution in [3.63, 3.8) is 0 Å². The van der Waals surface area contributed by atoms with Gasteiger partial charge in [0.1, 0.15) is 23.7 Å². The van der Waals surface area contributed by atoms with E-state index in [1.165, 1.54) is 19.4 Å². The third-order valence-corrected chi connectivity index (χ3v) is 5.55. The van der Waals surface area contributed by atoms with Gasteiger partial charge < -0.3 is 15.4 Å². The first-order valence-electron chi connectivity index (χ1n) is 9.23. The fraction of sp³-hybridized carbons (Fsp3) is 0.150. The quantitative estimate of drug-likeness (QED) is 0.447. The first-order chi connectivity index (χ1) is 15.6. The highest BCUT2D eigenvalue weighted by molar-refractivity contribution is 7.89. The summed E-state index contributed by atoms with van der Waals surface area (Å²) in [5.74, 6) is 0.286. The van der Waals surface area contributed by atoms with E-state index in [0.717, 1.165) is 18.2 Å². The molecule has 0 radical (unpaired) electrons. The number of anilines is 4. The van der Waals surface area contributed by atoms with Crippen LogP contribution in [0.2, 0.25) is 0 Å². The van der Waals surface area contributed by atoms with Crippen molar-refractivity contribution in [3.8, 4) is 11.8 Å². The maximum absolute atomic E-state index is 12.6. The summed E-state index contributed by atoms with van der Waals surface area (Å²) in [7, 11) is -2.65. The first kappa shape index (κ1) is 23.8. The van der Waals surface area contributed by atoms with E-state index in [0.29, 0.717) is 17.1 Å². The molecule has 172 valence electrons. The molecule has 0 spiro atoms. The largest absolute Gasteiger partial charge is 0.482 e. The van der Waals surface area contributed by atoms with Crippen molar-refractivity contribution < 1.29 is 26.3 Å². The van der Waals surface area contributed by atoms with E-state index in [4.69, 9.17) is 10.00 Å². The van der Waals surface area contributed by atoms with Gasteiger partial charge in [-0.3, -0.25) is 0 Å². The number of halogens is 3. The maximum atomic E-state index is 12.6. The molecule has 9 nitrogen and oxygen atoms in total. The molecule has 13 heteroatoms. The van der Waals surface area contributed by atoms with Crippen molar-refractivity contribution in [2.45, 2.75) is 11.1 Å². The molecule has 0 amide bonds. The zero-order valence-corrected chi connectivity index (χ0v) is 17.8. The Morgan fingerprint density at radius 1 is 1.03 bits per heavy atom. The van der Waals surface area contributed by atoms with Crippen LogP contribution in [-0.4, -0.2) is 38.2 Å². The molecule has 1 heterocycles. The lowest BCUT2D eigenvalue weighted by Crippen LogP contribution is -2.20. The molecular weight excluding hydrogens is 461 g/mol. The fourth-order valence-electron chi connectivity index (χ4n) is 2.59. The highest BCUT2D eigenvalue weighted by atomic mass is 32.2. The van der Waals surface area contributed by atoms with Crippen LogP contribution in [0.1, 0.15) is 5.56 Å². The predicted molar refractivity (Wildman–Crippen MR) is 114 cm³/mol.